The Morgan fingerprint density at radius 2 is 1.74 bits per heavy atom. The van der Waals surface area contributed by atoms with Crippen molar-refractivity contribution in [3.63, 3.8) is 0 Å². The number of carbonyl (C=O) groups is 1. The van der Waals surface area contributed by atoms with Gasteiger partial charge in [0.1, 0.15) is 0 Å². The second-order valence-electron chi connectivity index (χ2n) is 5.51. The smallest absolute Gasteiger partial charge is 0.346 e. The number of esters is 1. The third-order valence-corrected chi connectivity index (χ3v) is 4.62. The summed E-state index contributed by atoms with van der Waals surface area (Å²) >= 11 is 1.32. The number of hydrogen-bond donors (Lipinski definition) is 1. The third kappa shape index (κ3) is 4.77. The molecule has 0 aliphatic carbocycles. The largest absolute Gasteiger partial charge is 0.462 e. The molecule has 3 aromatic rings. The molecule has 0 fully saturated rings. The van der Waals surface area contributed by atoms with Crippen LogP contribution in [-0.4, -0.2) is 22.8 Å². The Morgan fingerprint density at radius 3 is 2.41 bits per heavy atom. The van der Waals surface area contributed by atoms with Crippen molar-refractivity contribution in [2.45, 2.75) is 12.7 Å². The average Bonchev–Trinajstić information content (AvgIpc) is 3.18. The molecule has 0 amide bonds. The van der Waals surface area contributed by atoms with Gasteiger partial charge in [-0.05, 0) is 24.6 Å². The van der Waals surface area contributed by atoms with Gasteiger partial charge in [-0.1, -0.05) is 48.5 Å². The summed E-state index contributed by atoms with van der Waals surface area (Å²) in [6, 6.07) is 19.1. The SMILES string of the molecule is CCOC(=O)/C(=C(/N)SCc1ccccc1)c1nnc(-c2ccccc2)o1. The second-order valence-corrected chi connectivity index (χ2v) is 6.53. The maximum atomic E-state index is 12.4. The Hall–Kier alpha value is -3.06. The molecule has 6 nitrogen and oxygen atoms in total. The van der Waals surface area contributed by atoms with Gasteiger partial charge in [-0.2, -0.15) is 0 Å². The van der Waals surface area contributed by atoms with Gasteiger partial charge in [-0.3, -0.25) is 0 Å². The van der Waals surface area contributed by atoms with E-state index >= 15 is 0 Å². The van der Waals surface area contributed by atoms with Gasteiger partial charge < -0.3 is 14.9 Å². The summed E-state index contributed by atoms with van der Waals surface area (Å²) in [5, 5.41) is 8.31. The van der Waals surface area contributed by atoms with Crippen LogP contribution in [-0.2, 0) is 15.3 Å². The molecular formula is C20H19N3O3S. The second kappa shape index (κ2) is 9.05. The summed E-state index contributed by atoms with van der Waals surface area (Å²) in [7, 11) is 0. The zero-order valence-corrected chi connectivity index (χ0v) is 15.6. The minimum Gasteiger partial charge on any atom is -0.462 e. The predicted octanol–water partition coefficient (Wildman–Crippen LogP) is 3.86. The van der Waals surface area contributed by atoms with Crippen LogP contribution < -0.4 is 5.73 Å². The van der Waals surface area contributed by atoms with Crippen LogP contribution >= 0.6 is 11.8 Å². The number of thioether (sulfide) groups is 1. The quantitative estimate of drug-likeness (QED) is 0.491. The minimum absolute atomic E-state index is 0.0466. The summed E-state index contributed by atoms with van der Waals surface area (Å²) in [6.07, 6.45) is 0. The van der Waals surface area contributed by atoms with E-state index in [0.29, 0.717) is 11.6 Å². The molecule has 0 bridgehead atoms. The molecule has 0 aliphatic rings. The molecule has 0 unspecified atom stereocenters. The van der Waals surface area contributed by atoms with Crippen LogP contribution in [0.1, 0.15) is 18.4 Å². The maximum absolute atomic E-state index is 12.4. The van der Waals surface area contributed by atoms with Crippen molar-refractivity contribution in [3.05, 3.63) is 77.1 Å². The highest BCUT2D eigenvalue weighted by atomic mass is 32.2. The fourth-order valence-corrected chi connectivity index (χ4v) is 3.16. The van der Waals surface area contributed by atoms with E-state index in [2.05, 4.69) is 10.2 Å². The van der Waals surface area contributed by atoms with Crippen LogP contribution in [0.3, 0.4) is 0 Å². The van der Waals surface area contributed by atoms with E-state index in [1.807, 2.05) is 60.7 Å². The molecule has 0 atom stereocenters. The number of nitrogens with two attached hydrogens (primary N) is 1. The zero-order chi connectivity index (χ0) is 19.1. The van der Waals surface area contributed by atoms with Gasteiger partial charge in [0.15, 0.2) is 5.57 Å². The number of benzene rings is 2. The van der Waals surface area contributed by atoms with Crippen molar-refractivity contribution in [1.82, 2.24) is 10.2 Å². The summed E-state index contributed by atoms with van der Waals surface area (Å²) < 4.78 is 10.8. The monoisotopic (exact) mass is 381 g/mol. The van der Waals surface area contributed by atoms with Crippen molar-refractivity contribution < 1.29 is 13.9 Å². The van der Waals surface area contributed by atoms with E-state index < -0.39 is 5.97 Å². The molecule has 2 aromatic carbocycles. The lowest BCUT2D eigenvalue weighted by Gasteiger charge is -2.08. The van der Waals surface area contributed by atoms with Gasteiger partial charge in [0.2, 0.25) is 5.89 Å². The van der Waals surface area contributed by atoms with E-state index in [9.17, 15) is 4.79 Å². The van der Waals surface area contributed by atoms with Crippen molar-refractivity contribution in [3.8, 4) is 11.5 Å². The van der Waals surface area contributed by atoms with Gasteiger partial charge >= 0.3 is 5.97 Å². The van der Waals surface area contributed by atoms with E-state index in [-0.39, 0.29) is 23.1 Å². The molecule has 0 saturated heterocycles. The normalized spacial score (nSPS) is 11.7. The lowest BCUT2D eigenvalue weighted by molar-refractivity contribution is -0.136. The molecule has 1 aromatic heterocycles. The van der Waals surface area contributed by atoms with Crippen LogP contribution in [0.2, 0.25) is 0 Å². The first-order valence-corrected chi connectivity index (χ1v) is 9.40. The Labute approximate surface area is 161 Å². The van der Waals surface area contributed by atoms with Gasteiger partial charge in [0.05, 0.1) is 11.6 Å². The van der Waals surface area contributed by atoms with E-state index in [1.54, 1.807) is 6.92 Å². The van der Waals surface area contributed by atoms with Gasteiger partial charge in [0, 0.05) is 11.3 Å². The molecule has 7 heteroatoms. The first-order valence-electron chi connectivity index (χ1n) is 8.42. The number of nitrogens with zero attached hydrogens (tertiary/aromatic N) is 2. The highest BCUT2D eigenvalue weighted by Crippen LogP contribution is 2.28. The summed E-state index contributed by atoms with van der Waals surface area (Å²) in [5.74, 6) is 0.382. The van der Waals surface area contributed by atoms with Crippen molar-refractivity contribution in [2.24, 2.45) is 5.73 Å². The van der Waals surface area contributed by atoms with Gasteiger partial charge in [0.25, 0.3) is 5.89 Å². The van der Waals surface area contributed by atoms with Crippen molar-refractivity contribution in [2.75, 3.05) is 6.61 Å². The van der Waals surface area contributed by atoms with Crippen molar-refractivity contribution in [1.29, 1.82) is 0 Å². The fourth-order valence-electron chi connectivity index (χ4n) is 2.33. The number of hydrogen-bond acceptors (Lipinski definition) is 7. The topological polar surface area (TPSA) is 91.2 Å². The number of aromatic nitrogens is 2. The van der Waals surface area contributed by atoms with Crippen LogP contribution in [0, 0.1) is 0 Å². The molecular weight excluding hydrogens is 362 g/mol. The molecule has 3 rings (SSSR count). The number of rotatable bonds is 7. The van der Waals surface area contributed by atoms with E-state index in [1.165, 1.54) is 11.8 Å². The minimum atomic E-state index is -0.584. The summed E-state index contributed by atoms with van der Waals surface area (Å²) in [4.78, 5) is 12.4. The molecule has 0 aliphatic heterocycles. The summed E-state index contributed by atoms with van der Waals surface area (Å²) in [5.41, 5.74) is 8.13. The average molecular weight is 381 g/mol. The van der Waals surface area contributed by atoms with Crippen LogP contribution in [0.15, 0.2) is 70.1 Å². The van der Waals surface area contributed by atoms with Crippen LogP contribution in [0.5, 0.6) is 0 Å². The van der Waals surface area contributed by atoms with E-state index in [0.717, 1.165) is 11.1 Å². The fraction of sp³-hybridized carbons (Fsp3) is 0.150. The third-order valence-electron chi connectivity index (χ3n) is 3.62. The first kappa shape index (κ1) is 18.7. The van der Waals surface area contributed by atoms with Crippen LogP contribution in [0.4, 0.5) is 0 Å². The molecule has 27 heavy (non-hydrogen) atoms. The lowest BCUT2D eigenvalue weighted by Crippen LogP contribution is -2.12. The van der Waals surface area contributed by atoms with Gasteiger partial charge in [-0.15, -0.1) is 22.0 Å². The number of ether oxygens (including phenoxy) is 1. The highest BCUT2D eigenvalue weighted by Gasteiger charge is 2.24. The molecule has 0 spiro atoms. The highest BCUT2D eigenvalue weighted by molar-refractivity contribution is 8.02. The summed E-state index contributed by atoms with van der Waals surface area (Å²) in [6.45, 7) is 1.95. The van der Waals surface area contributed by atoms with Crippen molar-refractivity contribution >= 4 is 23.3 Å². The molecule has 138 valence electrons. The molecule has 0 radical (unpaired) electrons. The molecule has 2 N–H and O–H groups in total. The number of carbonyl (C=O) groups excluding carboxylic acids is 1. The Bertz CT molecular complexity index is 924. The molecule has 1 heterocycles. The molecule has 0 saturated carbocycles. The first-order chi connectivity index (χ1) is 13.2. The van der Waals surface area contributed by atoms with Gasteiger partial charge in [-0.25, -0.2) is 4.79 Å². The Morgan fingerprint density at radius 1 is 1.07 bits per heavy atom. The van der Waals surface area contributed by atoms with Crippen LogP contribution in [0.25, 0.3) is 17.0 Å². The zero-order valence-electron chi connectivity index (χ0n) is 14.8. The Kier molecular flexibility index (Phi) is 6.27. The lowest BCUT2D eigenvalue weighted by atomic mass is 10.2. The maximum Gasteiger partial charge on any atom is 0.346 e. The standard InChI is InChI=1S/C20H19N3O3S/c1-2-25-20(24)16(17(21)27-13-14-9-5-3-6-10-14)19-23-22-18(26-19)15-11-7-4-8-12-15/h3-12H,2,13,21H2,1H3/b17-16-. The Balaban J connectivity index is 1.89. The predicted molar refractivity (Wildman–Crippen MR) is 105 cm³/mol. The van der Waals surface area contributed by atoms with E-state index in [4.69, 9.17) is 14.9 Å².